The Bertz CT molecular complexity index is 565. The molecule has 2 aliphatic heterocycles. The first kappa shape index (κ1) is 18.9. The number of nitrogens with zero attached hydrogens (tertiary/aromatic N) is 3. The van der Waals surface area contributed by atoms with Gasteiger partial charge in [-0.1, -0.05) is 0 Å². The van der Waals surface area contributed by atoms with E-state index in [2.05, 4.69) is 42.7 Å². The van der Waals surface area contributed by atoms with Gasteiger partial charge in [-0.3, -0.25) is 9.89 Å². The predicted molar refractivity (Wildman–Crippen MR) is 107 cm³/mol. The molecule has 2 saturated heterocycles. The maximum atomic E-state index is 5.54. The second kappa shape index (κ2) is 9.21. The number of morpholine rings is 1. The number of thioether (sulfide) groups is 1. The van der Waals surface area contributed by atoms with Gasteiger partial charge in [-0.25, -0.2) is 4.98 Å². The Morgan fingerprint density at radius 2 is 2.24 bits per heavy atom. The summed E-state index contributed by atoms with van der Waals surface area (Å²) in [7, 11) is 1.84. The van der Waals surface area contributed by atoms with Gasteiger partial charge in [0, 0.05) is 56.3 Å². The van der Waals surface area contributed by atoms with Gasteiger partial charge in [0.05, 0.1) is 23.9 Å². The van der Waals surface area contributed by atoms with Crippen molar-refractivity contribution in [2.75, 3.05) is 57.9 Å². The van der Waals surface area contributed by atoms with Crippen LogP contribution < -0.4 is 10.6 Å². The van der Waals surface area contributed by atoms with Crippen LogP contribution >= 0.6 is 23.1 Å². The highest BCUT2D eigenvalue weighted by Gasteiger charge is 2.40. The van der Waals surface area contributed by atoms with E-state index in [0.29, 0.717) is 0 Å². The molecule has 1 atom stereocenters. The van der Waals surface area contributed by atoms with Crippen molar-refractivity contribution in [3.8, 4) is 0 Å². The summed E-state index contributed by atoms with van der Waals surface area (Å²) in [6, 6.07) is 0. The molecule has 1 unspecified atom stereocenters. The number of aromatic nitrogens is 1. The molecular formula is C17H29N5OS2. The summed E-state index contributed by atoms with van der Waals surface area (Å²) in [5.41, 5.74) is 1.39. The summed E-state index contributed by atoms with van der Waals surface area (Å²) < 4.78 is 5.54. The number of thiazole rings is 1. The van der Waals surface area contributed by atoms with Gasteiger partial charge in [0.2, 0.25) is 0 Å². The number of guanidine groups is 1. The van der Waals surface area contributed by atoms with Crippen molar-refractivity contribution in [3.05, 3.63) is 16.1 Å². The monoisotopic (exact) mass is 383 g/mol. The molecule has 0 amide bonds. The molecule has 0 bridgehead atoms. The molecule has 25 heavy (non-hydrogen) atoms. The van der Waals surface area contributed by atoms with Crippen LogP contribution in [-0.2, 0) is 11.2 Å². The molecule has 2 fully saturated rings. The lowest BCUT2D eigenvalue weighted by Crippen LogP contribution is -2.60. The van der Waals surface area contributed by atoms with Crippen molar-refractivity contribution < 1.29 is 4.74 Å². The average molecular weight is 384 g/mol. The molecule has 0 saturated carbocycles. The zero-order chi connectivity index (χ0) is 17.5. The molecule has 0 aromatic carbocycles. The summed E-state index contributed by atoms with van der Waals surface area (Å²) in [6.45, 7) is 7.62. The first-order valence-electron chi connectivity index (χ1n) is 8.98. The molecule has 6 nitrogen and oxygen atoms in total. The highest BCUT2D eigenvalue weighted by atomic mass is 32.2. The minimum absolute atomic E-state index is 0.234. The molecule has 0 aliphatic carbocycles. The van der Waals surface area contributed by atoms with Crippen molar-refractivity contribution >= 4 is 29.1 Å². The number of hydrogen-bond acceptors (Lipinski definition) is 6. The Labute approximate surface area is 158 Å². The minimum Gasteiger partial charge on any atom is -0.379 e. The van der Waals surface area contributed by atoms with Crippen LogP contribution in [-0.4, -0.2) is 79.3 Å². The van der Waals surface area contributed by atoms with E-state index in [1.807, 2.05) is 14.0 Å². The molecule has 2 N–H and O–H groups in total. The lowest BCUT2D eigenvalue weighted by atomic mass is 9.95. The van der Waals surface area contributed by atoms with E-state index in [-0.39, 0.29) is 5.54 Å². The largest absolute Gasteiger partial charge is 0.379 e. The van der Waals surface area contributed by atoms with Crippen LogP contribution in [0.15, 0.2) is 10.4 Å². The highest BCUT2D eigenvalue weighted by Crippen LogP contribution is 2.33. The normalized spacial score (nSPS) is 25.3. The number of ether oxygens (including phenoxy) is 1. The topological polar surface area (TPSA) is 61.8 Å². The Hall–Kier alpha value is -0.830. The van der Waals surface area contributed by atoms with Gasteiger partial charge >= 0.3 is 0 Å². The summed E-state index contributed by atoms with van der Waals surface area (Å²) in [5.74, 6) is 3.32. The highest BCUT2D eigenvalue weighted by molar-refractivity contribution is 7.99. The first-order chi connectivity index (χ1) is 12.2. The summed E-state index contributed by atoms with van der Waals surface area (Å²) in [4.78, 5) is 11.5. The molecule has 2 aliphatic rings. The molecule has 3 heterocycles. The third-order valence-electron chi connectivity index (χ3n) is 4.91. The van der Waals surface area contributed by atoms with E-state index in [9.17, 15) is 0 Å². The number of nitrogens with one attached hydrogen (secondary N) is 2. The SMILES string of the molecule is CN=C(NCCc1csc(C)n1)NCC1(N2CCOCC2)CCSC1. The van der Waals surface area contributed by atoms with Crippen LogP contribution in [0.1, 0.15) is 17.1 Å². The van der Waals surface area contributed by atoms with E-state index < -0.39 is 0 Å². The van der Waals surface area contributed by atoms with Gasteiger partial charge < -0.3 is 15.4 Å². The third-order valence-corrected chi connectivity index (χ3v) is 6.97. The van der Waals surface area contributed by atoms with Crippen molar-refractivity contribution in [1.82, 2.24) is 20.5 Å². The number of rotatable bonds is 6. The molecular weight excluding hydrogens is 354 g/mol. The second-order valence-electron chi connectivity index (χ2n) is 6.59. The molecule has 0 radical (unpaired) electrons. The molecule has 3 rings (SSSR count). The van der Waals surface area contributed by atoms with Crippen LogP contribution in [0.4, 0.5) is 0 Å². The standard InChI is InChI=1S/C17H29N5OS2/c1-14-21-15(11-25-14)3-5-19-16(18-2)20-12-17(4-10-24-13-17)22-6-8-23-9-7-22/h11H,3-10,12-13H2,1-2H3,(H2,18,19,20). The molecule has 140 valence electrons. The summed E-state index contributed by atoms with van der Waals surface area (Å²) >= 11 is 3.77. The Kier molecular flexibility index (Phi) is 6.98. The second-order valence-corrected chi connectivity index (χ2v) is 8.75. The summed E-state index contributed by atoms with van der Waals surface area (Å²) in [6.07, 6.45) is 2.16. The smallest absolute Gasteiger partial charge is 0.191 e. The quantitative estimate of drug-likeness (QED) is 0.571. The van der Waals surface area contributed by atoms with Gasteiger partial charge in [-0.2, -0.15) is 11.8 Å². The zero-order valence-electron chi connectivity index (χ0n) is 15.2. The lowest BCUT2D eigenvalue weighted by Gasteiger charge is -2.43. The van der Waals surface area contributed by atoms with E-state index in [4.69, 9.17) is 4.74 Å². The Morgan fingerprint density at radius 3 is 2.88 bits per heavy atom. The lowest BCUT2D eigenvalue weighted by molar-refractivity contribution is -0.0120. The van der Waals surface area contributed by atoms with Crippen LogP contribution in [0.2, 0.25) is 0 Å². The minimum atomic E-state index is 0.234. The zero-order valence-corrected chi connectivity index (χ0v) is 16.8. The molecule has 1 aromatic heterocycles. The van der Waals surface area contributed by atoms with Crippen LogP contribution in [0.25, 0.3) is 0 Å². The van der Waals surface area contributed by atoms with Gasteiger partial charge in [0.15, 0.2) is 5.96 Å². The van der Waals surface area contributed by atoms with E-state index in [1.54, 1.807) is 11.3 Å². The third kappa shape index (κ3) is 5.09. The fourth-order valence-electron chi connectivity index (χ4n) is 3.44. The predicted octanol–water partition coefficient (Wildman–Crippen LogP) is 1.37. The maximum Gasteiger partial charge on any atom is 0.191 e. The van der Waals surface area contributed by atoms with Crippen LogP contribution in [0.3, 0.4) is 0 Å². The van der Waals surface area contributed by atoms with Crippen molar-refractivity contribution in [2.45, 2.75) is 25.3 Å². The van der Waals surface area contributed by atoms with Gasteiger partial charge in [-0.05, 0) is 19.1 Å². The van der Waals surface area contributed by atoms with Crippen molar-refractivity contribution in [1.29, 1.82) is 0 Å². The van der Waals surface area contributed by atoms with Gasteiger partial charge in [-0.15, -0.1) is 11.3 Å². The van der Waals surface area contributed by atoms with Crippen molar-refractivity contribution in [2.24, 2.45) is 4.99 Å². The fraction of sp³-hybridized carbons (Fsp3) is 0.765. The van der Waals surface area contributed by atoms with E-state index in [0.717, 1.165) is 62.5 Å². The Morgan fingerprint density at radius 1 is 1.40 bits per heavy atom. The van der Waals surface area contributed by atoms with Gasteiger partial charge in [0.25, 0.3) is 0 Å². The average Bonchev–Trinajstić information content (AvgIpc) is 3.28. The van der Waals surface area contributed by atoms with Gasteiger partial charge in [0.1, 0.15) is 0 Å². The Balaban J connectivity index is 1.48. The number of aliphatic imine (C=N–C) groups is 1. The van der Waals surface area contributed by atoms with Crippen LogP contribution in [0, 0.1) is 6.92 Å². The number of aryl methyl sites for hydroxylation is 1. The number of hydrogen-bond donors (Lipinski definition) is 2. The van der Waals surface area contributed by atoms with Crippen molar-refractivity contribution in [3.63, 3.8) is 0 Å². The molecule has 0 spiro atoms. The molecule has 8 heteroatoms. The fourth-order valence-corrected chi connectivity index (χ4v) is 5.56. The van der Waals surface area contributed by atoms with E-state index >= 15 is 0 Å². The summed E-state index contributed by atoms with van der Waals surface area (Å²) in [5, 5.41) is 10.3. The van der Waals surface area contributed by atoms with Crippen LogP contribution in [0.5, 0.6) is 0 Å². The molecule has 1 aromatic rings. The van der Waals surface area contributed by atoms with E-state index in [1.165, 1.54) is 17.9 Å². The first-order valence-corrected chi connectivity index (χ1v) is 11.0. The maximum absolute atomic E-state index is 5.54.